The van der Waals surface area contributed by atoms with Crippen LogP contribution in [0.15, 0.2) is 24.3 Å². The number of amides is 1. The fourth-order valence-electron chi connectivity index (χ4n) is 1.26. The normalized spacial score (nSPS) is 11.3. The molecule has 3 nitrogen and oxygen atoms in total. The maximum atomic E-state index is 11.5. The summed E-state index contributed by atoms with van der Waals surface area (Å²) in [5, 5.41) is 6.65. The molecule has 0 aliphatic heterocycles. The highest BCUT2D eigenvalue weighted by Gasteiger charge is 2.10. The Bertz CT molecular complexity index is 385. The standard InChI is InChI=1S/C13H19ClN2O/c1-13(2,3)16-9-12(17)15-8-10-5-4-6-11(14)7-10/h4-7,16H,8-9H2,1-3H3,(H,15,17). The van der Waals surface area contributed by atoms with E-state index in [0.29, 0.717) is 18.1 Å². The van der Waals surface area contributed by atoms with E-state index in [9.17, 15) is 4.79 Å². The van der Waals surface area contributed by atoms with E-state index in [4.69, 9.17) is 11.6 Å². The van der Waals surface area contributed by atoms with Crippen LogP contribution >= 0.6 is 11.6 Å². The van der Waals surface area contributed by atoms with Crippen LogP contribution in [0.2, 0.25) is 5.02 Å². The molecule has 0 radical (unpaired) electrons. The topological polar surface area (TPSA) is 41.1 Å². The van der Waals surface area contributed by atoms with E-state index < -0.39 is 0 Å². The SMILES string of the molecule is CC(C)(C)NCC(=O)NCc1cccc(Cl)c1. The second-order valence-electron chi connectivity index (χ2n) is 5.01. The Morgan fingerprint density at radius 3 is 2.65 bits per heavy atom. The zero-order valence-electron chi connectivity index (χ0n) is 10.5. The summed E-state index contributed by atoms with van der Waals surface area (Å²) in [5.41, 5.74) is 0.953. The summed E-state index contributed by atoms with van der Waals surface area (Å²) < 4.78 is 0. The minimum absolute atomic E-state index is 0.0140. The highest BCUT2D eigenvalue weighted by molar-refractivity contribution is 6.30. The molecular weight excluding hydrogens is 236 g/mol. The van der Waals surface area contributed by atoms with Crippen molar-refractivity contribution >= 4 is 17.5 Å². The van der Waals surface area contributed by atoms with E-state index in [1.54, 1.807) is 0 Å². The highest BCUT2D eigenvalue weighted by atomic mass is 35.5. The molecule has 4 heteroatoms. The lowest BCUT2D eigenvalue weighted by Crippen LogP contribution is -2.43. The molecular formula is C13H19ClN2O. The van der Waals surface area contributed by atoms with Crippen molar-refractivity contribution in [2.75, 3.05) is 6.54 Å². The second-order valence-corrected chi connectivity index (χ2v) is 5.45. The van der Waals surface area contributed by atoms with Crippen molar-refractivity contribution in [1.29, 1.82) is 0 Å². The first-order valence-electron chi connectivity index (χ1n) is 5.63. The second kappa shape index (κ2) is 6.03. The van der Waals surface area contributed by atoms with Crippen molar-refractivity contribution in [3.63, 3.8) is 0 Å². The molecule has 0 aliphatic carbocycles. The molecule has 0 saturated heterocycles. The molecule has 0 aromatic heterocycles. The van der Waals surface area contributed by atoms with E-state index in [2.05, 4.69) is 10.6 Å². The van der Waals surface area contributed by atoms with Gasteiger partial charge in [0.25, 0.3) is 0 Å². The number of rotatable bonds is 4. The molecule has 0 heterocycles. The number of carbonyl (C=O) groups is 1. The van der Waals surface area contributed by atoms with Gasteiger partial charge in [-0.1, -0.05) is 23.7 Å². The van der Waals surface area contributed by atoms with Crippen molar-refractivity contribution in [2.24, 2.45) is 0 Å². The van der Waals surface area contributed by atoms with Gasteiger partial charge in [-0.3, -0.25) is 4.79 Å². The zero-order chi connectivity index (χ0) is 12.9. The van der Waals surface area contributed by atoms with Crippen molar-refractivity contribution in [1.82, 2.24) is 10.6 Å². The molecule has 0 fully saturated rings. The summed E-state index contributed by atoms with van der Waals surface area (Å²) in [6.45, 7) is 6.90. The largest absolute Gasteiger partial charge is 0.351 e. The molecule has 1 aromatic carbocycles. The Balaban J connectivity index is 2.33. The molecule has 17 heavy (non-hydrogen) atoms. The first-order chi connectivity index (χ1) is 7.87. The summed E-state index contributed by atoms with van der Waals surface area (Å²) in [6, 6.07) is 7.47. The van der Waals surface area contributed by atoms with Crippen LogP contribution in [0, 0.1) is 0 Å². The monoisotopic (exact) mass is 254 g/mol. The van der Waals surface area contributed by atoms with Crippen LogP contribution in [0.4, 0.5) is 0 Å². The van der Waals surface area contributed by atoms with Crippen LogP contribution in [0.1, 0.15) is 26.3 Å². The van der Waals surface area contributed by atoms with E-state index in [-0.39, 0.29) is 11.4 Å². The number of carbonyl (C=O) groups excluding carboxylic acids is 1. The molecule has 0 atom stereocenters. The fourth-order valence-corrected chi connectivity index (χ4v) is 1.47. The molecule has 2 N–H and O–H groups in total. The molecule has 1 aromatic rings. The lowest BCUT2D eigenvalue weighted by molar-refractivity contribution is -0.120. The van der Waals surface area contributed by atoms with Crippen LogP contribution < -0.4 is 10.6 Å². The molecule has 1 rings (SSSR count). The summed E-state index contributed by atoms with van der Waals surface area (Å²) in [5.74, 6) is -0.0140. The predicted octanol–water partition coefficient (Wildman–Crippen LogP) is 2.34. The van der Waals surface area contributed by atoms with Crippen molar-refractivity contribution in [2.45, 2.75) is 32.9 Å². The maximum Gasteiger partial charge on any atom is 0.234 e. The average molecular weight is 255 g/mol. The Labute approximate surface area is 108 Å². The number of hydrogen-bond donors (Lipinski definition) is 2. The van der Waals surface area contributed by atoms with Crippen LogP contribution in [0.5, 0.6) is 0 Å². The van der Waals surface area contributed by atoms with E-state index in [1.165, 1.54) is 0 Å². The van der Waals surface area contributed by atoms with Crippen LogP contribution in [0.25, 0.3) is 0 Å². The van der Waals surface area contributed by atoms with Crippen LogP contribution in [-0.2, 0) is 11.3 Å². The predicted molar refractivity (Wildman–Crippen MR) is 71.1 cm³/mol. The van der Waals surface area contributed by atoms with Gasteiger partial charge in [-0.05, 0) is 38.5 Å². The fraction of sp³-hybridized carbons (Fsp3) is 0.462. The zero-order valence-corrected chi connectivity index (χ0v) is 11.3. The van der Waals surface area contributed by atoms with Crippen molar-refractivity contribution in [3.8, 4) is 0 Å². The van der Waals surface area contributed by atoms with Gasteiger partial charge in [-0.15, -0.1) is 0 Å². The molecule has 0 bridgehead atoms. The Morgan fingerprint density at radius 1 is 1.35 bits per heavy atom. The van der Waals surface area contributed by atoms with Crippen molar-refractivity contribution < 1.29 is 4.79 Å². The third-order valence-corrected chi connectivity index (χ3v) is 2.39. The number of halogens is 1. The van der Waals surface area contributed by atoms with E-state index in [0.717, 1.165) is 5.56 Å². The van der Waals surface area contributed by atoms with Gasteiger partial charge in [0.15, 0.2) is 0 Å². The number of hydrogen-bond acceptors (Lipinski definition) is 2. The lowest BCUT2D eigenvalue weighted by Gasteiger charge is -2.20. The summed E-state index contributed by atoms with van der Waals surface area (Å²) in [7, 11) is 0. The van der Waals surface area contributed by atoms with Gasteiger partial charge in [0.05, 0.1) is 6.54 Å². The summed E-state index contributed by atoms with van der Waals surface area (Å²) in [4.78, 5) is 11.5. The third kappa shape index (κ3) is 6.29. The molecule has 94 valence electrons. The van der Waals surface area contributed by atoms with Gasteiger partial charge in [0.2, 0.25) is 5.91 Å². The quantitative estimate of drug-likeness (QED) is 0.866. The number of nitrogens with one attached hydrogen (secondary N) is 2. The minimum atomic E-state index is -0.0482. The van der Waals surface area contributed by atoms with Gasteiger partial charge in [0, 0.05) is 17.1 Å². The van der Waals surface area contributed by atoms with Gasteiger partial charge in [-0.2, -0.15) is 0 Å². The average Bonchev–Trinajstić information content (AvgIpc) is 2.23. The summed E-state index contributed by atoms with van der Waals surface area (Å²) >= 11 is 5.86. The van der Waals surface area contributed by atoms with Gasteiger partial charge in [0.1, 0.15) is 0 Å². The van der Waals surface area contributed by atoms with Crippen molar-refractivity contribution in [3.05, 3.63) is 34.9 Å². The maximum absolute atomic E-state index is 11.5. The molecule has 0 unspecified atom stereocenters. The number of benzene rings is 1. The Morgan fingerprint density at radius 2 is 2.06 bits per heavy atom. The third-order valence-electron chi connectivity index (χ3n) is 2.16. The highest BCUT2D eigenvalue weighted by Crippen LogP contribution is 2.10. The first-order valence-corrected chi connectivity index (χ1v) is 6.01. The summed E-state index contributed by atoms with van der Waals surface area (Å²) in [6.07, 6.45) is 0. The van der Waals surface area contributed by atoms with Crippen LogP contribution in [-0.4, -0.2) is 18.0 Å². The molecule has 0 spiro atoms. The van der Waals surface area contributed by atoms with E-state index in [1.807, 2.05) is 45.0 Å². The van der Waals surface area contributed by atoms with Gasteiger partial charge >= 0.3 is 0 Å². The molecule has 1 amide bonds. The van der Waals surface area contributed by atoms with Gasteiger partial charge in [-0.25, -0.2) is 0 Å². The Kier molecular flexibility index (Phi) is 4.97. The lowest BCUT2D eigenvalue weighted by atomic mass is 10.1. The molecule has 0 aliphatic rings. The molecule has 0 saturated carbocycles. The van der Waals surface area contributed by atoms with Crippen LogP contribution in [0.3, 0.4) is 0 Å². The first kappa shape index (κ1) is 14.0. The van der Waals surface area contributed by atoms with Gasteiger partial charge < -0.3 is 10.6 Å². The Hall–Kier alpha value is -1.06. The smallest absolute Gasteiger partial charge is 0.234 e. The minimum Gasteiger partial charge on any atom is -0.351 e. The van der Waals surface area contributed by atoms with E-state index >= 15 is 0 Å².